The highest BCUT2D eigenvalue weighted by Crippen LogP contribution is 2.42. The zero-order valence-corrected chi connectivity index (χ0v) is 13.4. The summed E-state index contributed by atoms with van der Waals surface area (Å²) >= 11 is 1.77. The third kappa shape index (κ3) is 2.00. The molecule has 0 radical (unpaired) electrons. The third-order valence-electron chi connectivity index (χ3n) is 4.72. The number of carboxylic acid groups (broad SMARTS) is 1. The van der Waals surface area contributed by atoms with Crippen molar-refractivity contribution in [2.24, 2.45) is 0 Å². The lowest BCUT2D eigenvalue weighted by atomic mass is 10.1. The molecule has 2 aromatic heterocycles. The van der Waals surface area contributed by atoms with Crippen molar-refractivity contribution < 1.29 is 9.90 Å². The minimum absolute atomic E-state index is 0.445. The summed E-state index contributed by atoms with van der Waals surface area (Å²) in [5, 5.41) is 10.6. The van der Waals surface area contributed by atoms with Crippen molar-refractivity contribution in [3.63, 3.8) is 0 Å². The second-order valence-corrected chi connectivity index (χ2v) is 7.13. The highest BCUT2D eigenvalue weighted by atomic mass is 32.1. The van der Waals surface area contributed by atoms with Gasteiger partial charge in [0.05, 0.1) is 5.39 Å². The molecule has 0 saturated carbocycles. The van der Waals surface area contributed by atoms with E-state index in [1.807, 2.05) is 11.8 Å². The van der Waals surface area contributed by atoms with Crippen LogP contribution in [0.3, 0.4) is 0 Å². The molecule has 0 amide bonds. The van der Waals surface area contributed by atoms with Crippen LogP contribution >= 0.6 is 11.3 Å². The number of hydrogen-bond donors (Lipinski definition) is 1. The van der Waals surface area contributed by atoms with Gasteiger partial charge in [0.15, 0.2) is 0 Å². The Morgan fingerprint density at radius 1 is 1.36 bits per heavy atom. The Morgan fingerprint density at radius 3 is 3.00 bits per heavy atom. The molecule has 1 saturated heterocycles. The molecule has 116 valence electrons. The van der Waals surface area contributed by atoms with Gasteiger partial charge in [-0.1, -0.05) is 6.92 Å². The van der Waals surface area contributed by atoms with Crippen molar-refractivity contribution >= 4 is 33.3 Å². The van der Waals surface area contributed by atoms with Crippen LogP contribution in [0, 0.1) is 0 Å². The van der Waals surface area contributed by atoms with Crippen LogP contribution in [0.4, 0.5) is 5.82 Å². The summed E-state index contributed by atoms with van der Waals surface area (Å²) < 4.78 is 0. The van der Waals surface area contributed by atoms with E-state index >= 15 is 0 Å². The number of hydrogen-bond acceptors (Lipinski definition) is 5. The predicted octanol–water partition coefficient (Wildman–Crippen LogP) is 2.80. The lowest BCUT2D eigenvalue weighted by molar-refractivity contribution is -0.138. The maximum Gasteiger partial charge on any atom is 0.326 e. The number of fused-ring (bicyclic) bond motifs is 3. The van der Waals surface area contributed by atoms with E-state index in [1.54, 1.807) is 11.3 Å². The normalized spacial score (nSPS) is 20.8. The van der Waals surface area contributed by atoms with E-state index in [-0.39, 0.29) is 0 Å². The van der Waals surface area contributed by atoms with E-state index in [1.165, 1.54) is 16.9 Å². The molecule has 0 bridgehead atoms. The first-order valence-corrected chi connectivity index (χ1v) is 8.81. The Balaban J connectivity index is 1.93. The zero-order valence-electron chi connectivity index (χ0n) is 12.6. The van der Waals surface area contributed by atoms with Gasteiger partial charge in [-0.3, -0.25) is 0 Å². The SMILES string of the molecule is CCc1nc(N2CCC[C@@H]2C(=O)O)c2c3c(sc2n1)CCC3. The second-order valence-electron chi connectivity index (χ2n) is 6.04. The van der Waals surface area contributed by atoms with Crippen LogP contribution in [0.5, 0.6) is 0 Å². The minimum atomic E-state index is -0.741. The second kappa shape index (κ2) is 5.19. The molecule has 3 heterocycles. The maximum atomic E-state index is 11.6. The summed E-state index contributed by atoms with van der Waals surface area (Å²) in [5.41, 5.74) is 1.37. The fourth-order valence-electron chi connectivity index (χ4n) is 3.66. The molecule has 22 heavy (non-hydrogen) atoms. The fourth-order valence-corrected chi connectivity index (χ4v) is 4.94. The van der Waals surface area contributed by atoms with E-state index in [2.05, 4.69) is 0 Å². The van der Waals surface area contributed by atoms with Crippen molar-refractivity contribution in [1.82, 2.24) is 9.97 Å². The average Bonchev–Trinajstić information content (AvgIpc) is 3.20. The first kappa shape index (κ1) is 13.9. The van der Waals surface area contributed by atoms with Gasteiger partial charge < -0.3 is 10.0 Å². The summed E-state index contributed by atoms with van der Waals surface area (Å²) in [6.07, 6.45) is 5.78. The van der Waals surface area contributed by atoms with E-state index in [0.717, 1.165) is 54.1 Å². The van der Waals surface area contributed by atoms with Crippen LogP contribution in [0.2, 0.25) is 0 Å². The van der Waals surface area contributed by atoms with Gasteiger partial charge in [-0.2, -0.15) is 0 Å². The third-order valence-corrected chi connectivity index (χ3v) is 5.90. The number of thiophene rings is 1. The lowest BCUT2D eigenvalue weighted by Crippen LogP contribution is -2.36. The van der Waals surface area contributed by atoms with Gasteiger partial charge in [0.25, 0.3) is 0 Å². The van der Waals surface area contributed by atoms with Crippen molar-refractivity contribution in [2.75, 3.05) is 11.4 Å². The van der Waals surface area contributed by atoms with Gasteiger partial charge >= 0.3 is 5.97 Å². The predicted molar refractivity (Wildman–Crippen MR) is 86.8 cm³/mol. The van der Waals surface area contributed by atoms with E-state index in [9.17, 15) is 9.90 Å². The number of carbonyl (C=O) groups is 1. The zero-order chi connectivity index (χ0) is 15.3. The van der Waals surface area contributed by atoms with Crippen molar-refractivity contribution in [2.45, 2.75) is 51.5 Å². The molecule has 1 aliphatic heterocycles. The van der Waals surface area contributed by atoms with Gasteiger partial charge in [0.2, 0.25) is 0 Å². The highest BCUT2D eigenvalue weighted by Gasteiger charge is 2.34. The quantitative estimate of drug-likeness (QED) is 0.943. The Hall–Kier alpha value is -1.69. The largest absolute Gasteiger partial charge is 0.480 e. The molecule has 0 aromatic carbocycles. The molecule has 1 N–H and O–H groups in total. The molecule has 4 rings (SSSR count). The van der Waals surface area contributed by atoms with Crippen LogP contribution in [0.1, 0.15) is 42.5 Å². The van der Waals surface area contributed by atoms with Crippen LogP contribution in [-0.4, -0.2) is 33.6 Å². The van der Waals surface area contributed by atoms with E-state index in [0.29, 0.717) is 6.42 Å². The number of aryl methyl sites for hydroxylation is 3. The lowest BCUT2D eigenvalue weighted by Gasteiger charge is -2.24. The Bertz CT molecular complexity index is 755. The number of aliphatic carboxylic acids is 1. The number of nitrogens with zero attached hydrogens (tertiary/aromatic N) is 3. The summed E-state index contributed by atoms with van der Waals surface area (Å²) in [5.74, 6) is 0.943. The molecular formula is C16H19N3O2S. The fraction of sp³-hybridized carbons (Fsp3) is 0.562. The number of rotatable bonds is 3. The summed E-state index contributed by atoms with van der Waals surface area (Å²) in [7, 11) is 0. The summed E-state index contributed by atoms with van der Waals surface area (Å²) in [4.78, 5) is 25.5. The number of anilines is 1. The van der Waals surface area contributed by atoms with Gasteiger partial charge in [-0.05, 0) is 37.7 Å². The number of aromatic nitrogens is 2. The minimum Gasteiger partial charge on any atom is -0.480 e. The smallest absolute Gasteiger partial charge is 0.326 e. The Labute approximate surface area is 133 Å². The van der Waals surface area contributed by atoms with Gasteiger partial charge in [0.1, 0.15) is 22.5 Å². The van der Waals surface area contributed by atoms with Crippen molar-refractivity contribution in [1.29, 1.82) is 0 Å². The standard InChI is InChI=1S/C16H19N3O2S/c1-2-12-17-14(19-8-4-6-10(19)16(20)21)13-9-5-3-7-11(9)22-15(13)18-12/h10H,2-8H2,1H3,(H,20,21)/t10-/m1/s1. The van der Waals surface area contributed by atoms with E-state index in [4.69, 9.17) is 9.97 Å². The summed E-state index contributed by atoms with van der Waals surface area (Å²) in [6.45, 7) is 2.82. The molecule has 1 aliphatic carbocycles. The van der Waals surface area contributed by atoms with Gasteiger partial charge in [-0.15, -0.1) is 11.3 Å². The first-order valence-electron chi connectivity index (χ1n) is 7.99. The van der Waals surface area contributed by atoms with E-state index < -0.39 is 12.0 Å². The van der Waals surface area contributed by atoms with Crippen LogP contribution < -0.4 is 4.90 Å². The van der Waals surface area contributed by atoms with Crippen molar-refractivity contribution in [3.8, 4) is 0 Å². The first-order chi connectivity index (χ1) is 10.7. The van der Waals surface area contributed by atoms with Crippen LogP contribution in [0.15, 0.2) is 0 Å². The number of carboxylic acids is 1. The molecule has 0 unspecified atom stereocenters. The molecule has 1 atom stereocenters. The molecule has 0 spiro atoms. The van der Waals surface area contributed by atoms with Crippen LogP contribution in [-0.2, 0) is 24.1 Å². The molecule has 5 nitrogen and oxygen atoms in total. The highest BCUT2D eigenvalue weighted by molar-refractivity contribution is 7.19. The van der Waals surface area contributed by atoms with Crippen molar-refractivity contribution in [3.05, 3.63) is 16.3 Å². The molecule has 6 heteroatoms. The Kier molecular flexibility index (Phi) is 3.29. The van der Waals surface area contributed by atoms with Gasteiger partial charge in [-0.25, -0.2) is 14.8 Å². The molecular weight excluding hydrogens is 298 g/mol. The Morgan fingerprint density at radius 2 is 2.23 bits per heavy atom. The monoisotopic (exact) mass is 317 g/mol. The average molecular weight is 317 g/mol. The maximum absolute atomic E-state index is 11.6. The summed E-state index contributed by atoms with van der Waals surface area (Å²) in [6, 6.07) is -0.445. The van der Waals surface area contributed by atoms with Gasteiger partial charge in [0, 0.05) is 17.8 Å². The van der Waals surface area contributed by atoms with Crippen LogP contribution in [0.25, 0.3) is 10.2 Å². The topological polar surface area (TPSA) is 66.3 Å². The molecule has 1 fully saturated rings. The molecule has 2 aliphatic rings. The molecule has 2 aromatic rings.